The molecular weight excluding hydrogens is 174 g/mol. The number of halogens is 3. The summed E-state index contributed by atoms with van der Waals surface area (Å²) in [5.74, 6) is 0. The summed E-state index contributed by atoms with van der Waals surface area (Å²) in [6.45, 7) is 0.887. The number of nitrogens with zero attached hydrogens (tertiary/aromatic N) is 1. The van der Waals surface area contributed by atoms with Crippen molar-refractivity contribution in [3.05, 3.63) is 11.8 Å². The van der Waals surface area contributed by atoms with Gasteiger partial charge in [0.1, 0.15) is 0 Å². The molecule has 0 radical (unpaired) electrons. The van der Waals surface area contributed by atoms with Gasteiger partial charge >= 0.3 is 5.38 Å². The molecule has 1 rings (SSSR count). The van der Waals surface area contributed by atoms with Gasteiger partial charge in [-0.15, -0.1) is 0 Å². The number of hydrogen-bond donors (Lipinski definition) is 1. The summed E-state index contributed by atoms with van der Waals surface area (Å²) in [5.41, 5.74) is -0.291. The van der Waals surface area contributed by atoms with Gasteiger partial charge in [-0.3, -0.25) is 4.99 Å². The van der Waals surface area contributed by atoms with Gasteiger partial charge < -0.3 is 5.32 Å². The number of hydrogen-bond acceptors (Lipinski definition) is 2. The average molecular weight is 181 g/mol. The predicted octanol–water partition coefficient (Wildman–Crippen LogP) is 1.38. The molecule has 0 aromatic carbocycles. The minimum Gasteiger partial charge on any atom is -0.380 e. The van der Waals surface area contributed by atoms with Crippen molar-refractivity contribution in [1.82, 2.24) is 5.32 Å². The summed E-state index contributed by atoms with van der Waals surface area (Å²) >= 11 is 4.76. The maximum atomic E-state index is 12.4. The van der Waals surface area contributed by atoms with E-state index in [4.69, 9.17) is 11.6 Å². The Hall–Kier alpha value is -0.640. The Kier molecular flexibility index (Phi) is 2.44. The molecular formula is C6H7ClF2N2. The van der Waals surface area contributed by atoms with Crippen LogP contribution in [-0.4, -0.2) is 24.7 Å². The van der Waals surface area contributed by atoms with Crippen molar-refractivity contribution in [2.24, 2.45) is 4.99 Å². The van der Waals surface area contributed by atoms with Crippen LogP contribution >= 0.6 is 11.6 Å². The quantitative estimate of drug-likeness (QED) is 0.606. The number of allylic oxidation sites excluding steroid dienone is 2. The number of nitrogens with one attached hydrogen (secondary N) is 1. The van der Waals surface area contributed by atoms with Gasteiger partial charge in [-0.25, -0.2) is 0 Å². The van der Waals surface area contributed by atoms with Crippen molar-refractivity contribution in [2.45, 2.75) is 5.38 Å². The monoisotopic (exact) mass is 180 g/mol. The molecule has 2 nitrogen and oxygen atoms in total. The molecule has 0 unspecified atom stereocenters. The molecule has 1 aliphatic rings. The first-order valence-corrected chi connectivity index (χ1v) is 3.49. The van der Waals surface area contributed by atoms with Crippen molar-refractivity contribution >= 4 is 17.8 Å². The summed E-state index contributed by atoms with van der Waals surface area (Å²) in [6.07, 6.45) is 2.51. The highest BCUT2D eigenvalue weighted by molar-refractivity contribution is 6.23. The zero-order chi connectivity index (χ0) is 8.32. The maximum absolute atomic E-state index is 12.4. The molecule has 1 heterocycles. The van der Waals surface area contributed by atoms with E-state index in [1.165, 1.54) is 12.3 Å². The first-order chi connectivity index (χ1) is 5.11. The third-order valence-corrected chi connectivity index (χ3v) is 1.41. The van der Waals surface area contributed by atoms with E-state index in [1.807, 2.05) is 0 Å². The van der Waals surface area contributed by atoms with Crippen molar-refractivity contribution in [3.8, 4) is 0 Å². The van der Waals surface area contributed by atoms with Crippen molar-refractivity contribution in [3.63, 3.8) is 0 Å². The molecule has 0 saturated heterocycles. The average Bonchev–Trinajstić information content (AvgIpc) is 2.10. The largest absolute Gasteiger partial charge is 0.380 e. The van der Waals surface area contributed by atoms with Crippen LogP contribution in [0.5, 0.6) is 0 Å². The lowest BCUT2D eigenvalue weighted by Crippen LogP contribution is -2.26. The van der Waals surface area contributed by atoms with Crippen LogP contribution in [-0.2, 0) is 0 Å². The van der Waals surface area contributed by atoms with Crippen LogP contribution in [0, 0.1) is 0 Å². The molecule has 0 aromatic heterocycles. The molecule has 0 aliphatic carbocycles. The van der Waals surface area contributed by atoms with E-state index < -0.39 is 5.38 Å². The smallest absolute Gasteiger partial charge is 0.362 e. The number of alkyl halides is 3. The van der Waals surface area contributed by atoms with Gasteiger partial charge in [0.25, 0.3) is 0 Å². The summed E-state index contributed by atoms with van der Waals surface area (Å²) in [7, 11) is 0. The highest BCUT2D eigenvalue weighted by Gasteiger charge is 2.30. The van der Waals surface area contributed by atoms with Crippen LogP contribution < -0.4 is 5.32 Å². The Morgan fingerprint density at radius 2 is 2.36 bits per heavy atom. The van der Waals surface area contributed by atoms with Gasteiger partial charge in [0, 0.05) is 12.8 Å². The maximum Gasteiger partial charge on any atom is 0.362 e. The van der Waals surface area contributed by atoms with Gasteiger partial charge in [0.05, 0.1) is 12.2 Å². The van der Waals surface area contributed by atoms with Gasteiger partial charge in [-0.1, -0.05) is 0 Å². The van der Waals surface area contributed by atoms with Crippen LogP contribution in [0.1, 0.15) is 0 Å². The fourth-order valence-corrected chi connectivity index (χ4v) is 0.840. The molecule has 11 heavy (non-hydrogen) atoms. The topological polar surface area (TPSA) is 24.4 Å². The summed E-state index contributed by atoms with van der Waals surface area (Å²) in [5, 5.41) is -0.833. The number of aliphatic imine (C=N–C) groups is 1. The summed E-state index contributed by atoms with van der Waals surface area (Å²) < 4.78 is 24.7. The fourth-order valence-electron chi connectivity index (χ4n) is 0.711. The molecule has 0 bridgehead atoms. The van der Waals surface area contributed by atoms with Crippen LogP contribution in [0.25, 0.3) is 0 Å². The molecule has 1 aliphatic heterocycles. The minimum atomic E-state index is -3.31. The normalized spacial score (nSPS) is 18.6. The molecule has 0 saturated carbocycles. The molecule has 5 heteroatoms. The zero-order valence-corrected chi connectivity index (χ0v) is 6.41. The first kappa shape index (κ1) is 8.46. The molecule has 62 valence electrons. The standard InChI is InChI=1S/C6H7ClF2N2/c7-6(8,9)5-1-2-10-3-4-11-5/h1-2,11H,3-4H2. The van der Waals surface area contributed by atoms with E-state index in [0.717, 1.165) is 0 Å². The highest BCUT2D eigenvalue weighted by atomic mass is 35.5. The zero-order valence-electron chi connectivity index (χ0n) is 5.65. The Labute approximate surface area is 67.9 Å². The number of rotatable bonds is 1. The van der Waals surface area contributed by atoms with Crippen LogP contribution in [0.15, 0.2) is 16.8 Å². The SMILES string of the molecule is FC(F)(Cl)C1=CC=NCCN1. The molecule has 0 atom stereocenters. The Bertz CT molecular complexity index is 195. The summed E-state index contributed by atoms with van der Waals surface area (Å²) in [4.78, 5) is 3.78. The summed E-state index contributed by atoms with van der Waals surface area (Å²) in [6, 6.07) is 0. The van der Waals surface area contributed by atoms with Gasteiger partial charge in [0.2, 0.25) is 0 Å². The van der Waals surface area contributed by atoms with Crippen LogP contribution in [0.2, 0.25) is 0 Å². The second-order valence-electron chi connectivity index (χ2n) is 2.06. The fraction of sp³-hybridized carbons (Fsp3) is 0.500. The first-order valence-electron chi connectivity index (χ1n) is 3.12. The van der Waals surface area contributed by atoms with Crippen molar-refractivity contribution in [1.29, 1.82) is 0 Å². The molecule has 0 spiro atoms. The third kappa shape index (κ3) is 2.46. The molecule has 0 fully saturated rings. The second-order valence-corrected chi connectivity index (χ2v) is 2.53. The third-order valence-electron chi connectivity index (χ3n) is 1.21. The second kappa shape index (κ2) is 3.17. The lowest BCUT2D eigenvalue weighted by Gasteiger charge is -2.12. The van der Waals surface area contributed by atoms with E-state index in [9.17, 15) is 8.78 Å². The van der Waals surface area contributed by atoms with Crippen molar-refractivity contribution < 1.29 is 8.78 Å². The van der Waals surface area contributed by atoms with E-state index >= 15 is 0 Å². The van der Waals surface area contributed by atoms with Crippen molar-refractivity contribution in [2.75, 3.05) is 13.1 Å². The van der Waals surface area contributed by atoms with Crippen LogP contribution in [0.3, 0.4) is 0 Å². The lowest BCUT2D eigenvalue weighted by molar-refractivity contribution is 0.130. The van der Waals surface area contributed by atoms with E-state index in [0.29, 0.717) is 13.1 Å². The van der Waals surface area contributed by atoms with E-state index in [1.54, 1.807) is 0 Å². The molecule has 1 N–H and O–H groups in total. The van der Waals surface area contributed by atoms with E-state index in [-0.39, 0.29) is 5.70 Å². The van der Waals surface area contributed by atoms with Crippen LogP contribution in [0.4, 0.5) is 8.78 Å². The lowest BCUT2D eigenvalue weighted by atomic mass is 10.4. The van der Waals surface area contributed by atoms with E-state index in [2.05, 4.69) is 10.3 Å². The van der Waals surface area contributed by atoms with Gasteiger partial charge in [0.15, 0.2) is 0 Å². The highest BCUT2D eigenvalue weighted by Crippen LogP contribution is 2.26. The van der Waals surface area contributed by atoms with Gasteiger partial charge in [-0.05, 0) is 17.7 Å². The minimum absolute atomic E-state index is 0.291. The molecule has 0 aromatic rings. The Morgan fingerprint density at radius 3 is 3.00 bits per heavy atom. The Balaban J connectivity index is 2.71. The van der Waals surface area contributed by atoms with Gasteiger partial charge in [-0.2, -0.15) is 8.78 Å². The molecule has 0 amide bonds. The predicted molar refractivity (Wildman–Crippen MR) is 40.2 cm³/mol. The Morgan fingerprint density at radius 1 is 1.64 bits per heavy atom.